The van der Waals surface area contributed by atoms with Crippen molar-refractivity contribution in [2.24, 2.45) is 0 Å². The first-order valence-corrected chi connectivity index (χ1v) is 6.23. The monoisotopic (exact) mass is 262 g/mol. The molecule has 0 amide bonds. The lowest BCUT2D eigenvalue weighted by atomic mass is 10.2. The summed E-state index contributed by atoms with van der Waals surface area (Å²) in [6.07, 6.45) is 0. The summed E-state index contributed by atoms with van der Waals surface area (Å²) in [5, 5.41) is 0. The van der Waals surface area contributed by atoms with Crippen molar-refractivity contribution in [3.63, 3.8) is 0 Å². The van der Waals surface area contributed by atoms with E-state index in [1.165, 1.54) is 0 Å². The van der Waals surface area contributed by atoms with Crippen molar-refractivity contribution >= 4 is 17.3 Å². The lowest BCUT2D eigenvalue weighted by Crippen LogP contribution is -2.24. The molecule has 4 heteroatoms. The predicted molar refractivity (Wildman–Crippen MR) is 79.8 cm³/mol. The van der Waals surface area contributed by atoms with Crippen molar-refractivity contribution in [2.45, 2.75) is 6.92 Å². The van der Waals surface area contributed by atoms with Crippen molar-refractivity contribution in [3.05, 3.63) is 36.4 Å². The smallest absolute Gasteiger partial charge is 0.333 e. The molecule has 0 N–H and O–H groups in total. The van der Waals surface area contributed by atoms with Gasteiger partial charge in [0, 0.05) is 38.1 Å². The zero-order valence-electron chi connectivity index (χ0n) is 12.1. The summed E-state index contributed by atoms with van der Waals surface area (Å²) in [4.78, 5) is 15.3. The summed E-state index contributed by atoms with van der Waals surface area (Å²) in [7, 11) is 5.99. The first-order chi connectivity index (χ1) is 8.91. The van der Waals surface area contributed by atoms with Gasteiger partial charge in [-0.05, 0) is 31.2 Å². The topological polar surface area (TPSA) is 32.8 Å². The van der Waals surface area contributed by atoms with Gasteiger partial charge in [0.2, 0.25) is 0 Å². The number of ether oxygens (including phenoxy) is 1. The van der Waals surface area contributed by atoms with Crippen LogP contribution in [0.3, 0.4) is 0 Å². The molecule has 0 aromatic heterocycles. The molecule has 0 spiro atoms. The fraction of sp³-hybridized carbons (Fsp3) is 0.400. The average molecular weight is 262 g/mol. The van der Waals surface area contributed by atoms with E-state index in [1.807, 2.05) is 26.0 Å². The number of benzene rings is 1. The standard InChI is InChI=1S/C15H22N2O2/c1-12(2)15(18)19-11-10-17(5)14-8-6-13(7-9-14)16(3)4/h6-9H,1,10-11H2,2-5H3. The molecular formula is C15H22N2O2. The first-order valence-electron chi connectivity index (χ1n) is 6.23. The summed E-state index contributed by atoms with van der Waals surface area (Å²) >= 11 is 0. The molecule has 0 heterocycles. The normalized spacial score (nSPS) is 9.89. The van der Waals surface area contributed by atoms with E-state index < -0.39 is 0 Å². The third-order valence-electron chi connectivity index (χ3n) is 2.82. The van der Waals surface area contributed by atoms with Gasteiger partial charge in [-0.15, -0.1) is 0 Å². The maximum Gasteiger partial charge on any atom is 0.333 e. The minimum atomic E-state index is -0.337. The van der Waals surface area contributed by atoms with Crippen molar-refractivity contribution in [3.8, 4) is 0 Å². The molecule has 1 rings (SSSR count). The summed E-state index contributed by atoms with van der Waals surface area (Å²) in [5.41, 5.74) is 2.68. The molecule has 0 saturated carbocycles. The van der Waals surface area contributed by atoms with E-state index in [1.54, 1.807) is 6.92 Å². The maximum absolute atomic E-state index is 11.2. The molecule has 1 aromatic carbocycles. The van der Waals surface area contributed by atoms with Gasteiger partial charge in [-0.3, -0.25) is 0 Å². The van der Waals surface area contributed by atoms with Gasteiger partial charge in [0.15, 0.2) is 0 Å². The Labute approximate surface area is 115 Å². The number of anilines is 2. The Balaban J connectivity index is 2.47. The van der Waals surface area contributed by atoms with Crippen LogP contribution in [0.25, 0.3) is 0 Å². The molecule has 4 nitrogen and oxygen atoms in total. The molecule has 0 atom stereocenters. The van der Waals surface area contributed by atoms with E-state index >= 15 is 0 Å². The third kappa shape index (κ3) is 4.66. The Hall–Kier alpha value is -1.97. The van der Waals surface area contributed by atoms with Crippen molar-refractivity contribution in [2.75, 3.05) is 44.1 Å². The van der Waals surface area contributed by atoms with E-state index in [-0.39, 0.29) is 5.97 Å². The van der Waals surface area contributed by atoms with Gasteiger partial charge in [0.25, 0.3) is 0 Å². The lowest BCUT2D eigenvalue weighted by Gasteiger charge is -2.20. The van der Waals surface area contributed by atoms with Crippen LogP contribution in [0.5, 0.6) is 0 Å². The fourth-order valence-corrected chi connectivity index (χ4v) is 1.53. The minimum Gasteiger partial charge on any atom is -0.460 e. The highest BCUT2D eigenvalue weighted by molar-refractivity contribution is 5.86. The summed E-state index contributed by atoms with van der Waals surface area (Å²) in [6.45, 7) is 6.20. The summed E-state index contributed by atoms with van der Waals surface area (Å²) in [6, 6.07) is 8.23. The Morgan fingerprint density at radius 1 is 1.16 bits per heavy atom. The Bertz CT molecular complexity index is 438. The molecule has 104 valence electrons. The number of nitrogens with zero attached hydrogens (tertiary/aromatic N) is 2. The van der Waals surface area contributed by atoms with Gasteiger partial charge in [-0.25, -0.2) is 4.79 Å². The number of hydrogen-bond donors (Lipinski definition) is 0. The number of likely N-dealkylation sites (N-methyl/N-ethyl adjacent to an activating group) is 1. The molecule has 0 aliphatic heterocycles. The van der Waals surface area contributed by atoms with Gasteiger partial charge < -0.3 is 14.5 Å². The Morgan fingerprint density at radius 2 is 1.68 bits per heavy atom. The van der Waals surface area contributed by atoms with E-state index in [0.717, 1.165) is 11.4 Å². The predicted octanol–water partition coefficient (Wildman–Crippen LogP) is 2.31. The highest BCUT2D eigenvalue weighted by Gasteiger charge is 2.05. The number of hydrogen-bond acceptors (Lipinski definition) is 4. The lowest BCUT2D eigenvalue weighted by molar-refractivity contribution is -0.138. The van der Waals surface area contributed by atoms with Crippen LogP contribution in [0.4, 0.5) is 11.4 Å². The zero-order chi connectivity index (χ0) is 14.4. The molecule has 19 heavy (non-hydrogen) atoms. The van der Waals surface area contributed by atoms with E-state index in [2.05, 4.69) is 35.7 Å². The molecule has 1 aromatic rings. The second-order valence-electron chi connectivity index (χ2n) is 4.75. The Morgan fingerprint density at radius 3 is 2.16 bits per heavy atom. The van der Waals surface area contributed by atoms with Gasteiger partial charge in [0.1, 0.15) is 6.61 Å². The Kier molecular flexibility index (Phi) is 5.42. The highest BCUT2D eigenvalue weighted by atomic mass is 16.5. The zero-order valence-corrected chi connectivity index (χ0v) is 12.1. The summed E-state index contributed by atoms with van der Waals surface area (Å²) < 4.78 is 5.07. The molecule has 0 saturated heterocycles. The fourth-order valence-electron chi connectivity index (χ4n) is 1.53. The van der Waals surface area contributed by atoms with Crippen LogP contribution in [0.1, 0.15) is 6.92 Å². The van der Waals surface area contributed by atoms with Crippen molar-refractivity contribution in [1.29, 1.82) is 0 Å². The minimum absolute atomic E-state index is 0.337. The second kappa shape index (κ2) is 6.83. The number of carbonyl (C=O) groups excluding carboxylic acids is 1. The van der Waals surface area contributed by atoms with Crippen LogP contribution >= 0.6 is 0 Å². The quantitative estimate of drug-likeness (QED) is 0.582. The van der Waals surface area contributed by atoms with Crippen molar-refractivity contribution in [1.82, 2.24) is 0 Å². The van der Waals surface area contributed by atoms with Crippen LogP contribution in [0.15, 0.2) is 36.4 Å². The van der Waals surface area contributed by atoms with E-state index in [9.17, 15) is 4.79 Å². The SMILES string of the molecule is C=C(C)C(=O)OCCN(C)c1ccc(N(C)C)cc1. The van der Waals surface area contributed by atoms with E-state index in [0.29, 0.717) is 18.7 Å². The third-order valence-corrected chi connectivity index (χ3v) is 2.82. The van der Waals surface area contributed by atoms with Crippen LogP contribution in [0, 0.1) is 0 Å². The van der Waals surface area contributed by atoms with Gasteiger partial charge in [-0.2, -0.15) is 0 Å². The molecular weight excluding hydrogens is 240 g/mol. The van der Waals surface area contributed by atoms with Crippen LogP contribution in [-0.2, 0) is 9.53 Å². The highest BCUT2D eigenvalue weighted by Crippen LogP contribution is 2.18. The van der Waals surface area contributed by atoms with Crippen molar-refractivity contribution < 1.29 is 9.53 Å². The molecule has 0 aliphatic rings. The molecule has 0 fully saturated rings. The van der Waals surface area contributed by atoms with Crippen LogP contribution in [-0.4, -0.2) is 40.3 Å². The maximum atomic E-state index is 11.2. The van der Waals surface area contributed by atoms with Gasteiger partial charge in [0.05, 0.1) is 6.54 Å². The first kappa shape index (κ1) is 15.1. The number of carbonyl (C=O) groups is 1. The second-order valence-corrected chi connectivity index (χ2v) is 4.75. The number of rotatable bonds is 6. The molecule has 0 radical (unpaired) electrons. The molecule has 0 unspecified atom stereocenters. The number of esters is 1. The molecule has 0 bridgehead atoms. The van der Waals surface area contributed by atoms with Gasteiger partial charge >= 0.3 is 5.97 Å². The van der Waals surface area contributed by atoms with E-state index in [4.69, 9.17) is 4.74 Å². The summed E-state index contributed by atoms with van der Waals surface area (Å²) in [5.74, 6) is -0.337. The molecule has 0 aliphatic carbocycles. The average Bonchev–Trinajstić information content (AvgIpc) is 2.38. The van der Waals surface area contributed by atoms with Gasteiger partial charge in [-0.1, -0.05) is 6.58 Å². The largest absolute Gasteiger partial charge is 0.460 e. The van der Waals surface area contributed by atoms with Crippen LogP contribution in [0.2, 0.25) is 0 Å². The van der Waals surface area contributed by atoms with Crippen LogP contribution < -0.4 is 9.80 Å².